The summed E-state index contributed by atoms with van der Waals surface area (Å²) in [5.41, 5.74) is 3.36. The molecule has 6 nitrogen and oxygen atoms in total. The van der Waals surface area contributed by atoms with E-state index in [0.29, 0.717) is 18.5 Å². The average molecular weight is 434 g/mol. The Hall–Kier alpha value is -3.15. The smallest absolute Gasteiger partial charge is 0.258 e. The third kappa shape index (κ3) is 5.18. The number of nitrogens with zero attached hydrogens (tertiary/aromatic N) is 3. The van der Waals surface area contributed by atoms with Crippen LogP contribution in [-0.2, 0) is 16.1 Å². The van der Waals surface area contributed by atoms with E-state index in [-0.39, 0.29) is 24.3 Å². The summed E-state index contributed by atoms with van der Waals surface area (Å²) in [6, 6.07) is 15.1. The SMILES string of the molecule is Cc1ccc(N(CC(=O)N2CCCCC2)C(=O)c2ccc(CN3CCCC3=O)cc2)cc1. The molecule has 2 aromatic rings. The van der Waals surface area contributed by atoms with E-state index in [1.54, 1.807) is 17.0 Å². The number of aryl methyl sites for hydroxylation is 1. The molecule has 0 radical (unpaired) electrons. The van der Waals surface area contributed by atoms with Crippen LogP contribution in [0.15, 0.2) is 48.5 Å². The third-order valence-corrected chi connectivity index (χ3v) is 6.34. The van der Waals surface area contributed by atoms with Gasteiger partial charge in [0.25, 0.3) is 5.91 Å². The summed E-state index contributed by atoms with van der Waals surface area (Å²) < 4.78 is 0. The molecular formula is C26H31N3O3. The molecule has 2 aliphatic rings. The molecule has 0 unspecified atom stereocenters. The van der Waals surface area contributed by atoms with Crippen molar-refractivity contribution in [3.63, 3.8) is 0 Å². The molecule has 2 aliphatic heterocycles. The van der Waals surface area contributed by atoms with Gasteiger partial charge in [0.15, 0.2) is 0 Å². The van der Waals surface area contributed by atoms with Crippen molar-refractivity contribution in [3.05, 3.63) is 65.2 Å². The zero-order chi connectivity index (χ0) is 22.5. The van der Waals surface area contributed by atoms with Gasteiger partial charge in [0, 0.05) is 43.9 Å². The second-order valence-electron chi connectivity index (χ2n) is 8.78. The molecule has 0 atom stereocenters. The van der Waals surface area contributed by atoms with Crippen molar-refractivity contribution in [3.8, 4) is 0 Å². The molecule has 2 aromatic carbocycles. The Bertz CT molecular complexity index is 963. The lowest BCUT2D eigenvalue weighted by Crippen LogP contribution is -2.45. The molecule has 2 saturated heterocycles. The molecule has 0 aromatic heterocycles. The Kier molecular flexibility index (Phi) is 6.88. The van der Waals surface area contributed by atoms with Gasteiger partial charge in [0.2, 0.25) is 11.8 Å². The van der Waals surface area contributed by atoms with E-state index in [2.05, 4.69) is 0 Å². The molecule has 4 rings (SSSR count). The summed E-state index contributed by atoms with van der Waals surface area (Å²) in [5.74, 6) is -0.0160. The number of amides is 3. The lowest BCUT2D eigenvalue weighted by molar-refractivity contribution is -0.130. The van der Waals surface area contributed by atoms with E-state index in [1.165, 1.54) is 0 Å². The standard InChI is InChI=1S/C26H31N3O3/c1-20-7-13-23(14-8-20)29(19-25(31)27-15-3-2-4-16-27)26(32)22-11-9-21(10-12-22)18-28-17-5-6-24(28)30/h7-14H,2-6,15-19H2,1H3. The van der Waals surface area contributed by atoms with Gasteiger partial charge in [-0.1, -0.05) is 29.8 Å². The first-order chi connectivity index (χ1) is 15.5. The van der Waals surface area contributed by atoms with Crippen LogP contribution in [-0.4, -0.2) is 53.7 Å². The van der Waals surface area contributed by atoms with Crippen LogP contribution >= 0.6 is 0 Å². The van der Waals surface area contributed by atoms with Crippen LogP contribution in [0.25, 0.3) is 0 Å². The first-order valence-electron chi connectivity index (χ1n) is 11.5. The number of carbonyl (C=O) groups is 3. The molecule has 0 bridgehead atoms. The number of anilines is 1. The fraction of sp³-hybridized carbons (Fsp3) is 0.423. The maximum Gasteiger partial charge on any atom is 0.258 e. The Balaban J connectivity index is 1.51. The minimum atomic E-state index is -0.192. The van der Waals surface area contributed by atoms with Crippen molar-refractivity contribution < 1.29 is 14.4 Å². The number of likely N-dealkylation sites (tertiary alicyclic amines) is 2. The number of rotatable bonds is 6. The first kappa shape index (κ1) is 22.1. The molecular weight excluding hydrogens is 402 g/mol. The first-order valence-corrected chi connectivity index (χ1v) is 11.5. The molecule has 3 amide bonds. The van der Waals surface area contributed by atoms with Gasteiger partial charge >= 0.3 is 0 Å². The van der Waals surface area contributed by atoms with Gasteiger partial charge in [-0.15, -0.1) is 0 Å². The summed E-state index contributed by atoms with van der Waals surface area (Å²) in [4.78, 5) is 43.6. The maximum absolute atomic E-state index is 13.4. The molecule has 0 aliphatic carbocycles. The molecule has 2 fully saturated rings. The second-order valence-corrected chi connectivity index (χ2v) is 8.78. The van der Waals surface area contributed by atoms with Crippen LogP contribution in [0.3, 0.4) is 0 Å². The van der Waals surface area contributed by atoms with Crippen LogP contribution in [0.2, 0.25) is 0 Å². The summed E-state index contributed by atoms with van der Waals surface area (Å²) >= 11 is 0. The van der Waals surface area contributed by atoms with Crippen molar-refractivity contribution in [1.29, 1.82) is 0 Å². The van der Waals surface area contributed by atoms with Crippen molar-refractivity contribution in [2.45, 2.75) is 45.6 Å². The lowest BCUT2D eigenvalue weighted by Gasteiger charge is -2.30. The van der Waals surface area contributed by atoms with Crippen molar-refractivity contribution >= 4 is 23.4 Å². The quantitative estimate of drug-likeness (QED) is 0.697. The minimum absolute atomic E-state index is 0.0113. The zero-order valence-corrected chi connectivity index (χ0v) is 18.8. The minimum Gasteiger partial charge on any atom is -0.341 e. The molecule has 0 N–H and O–H groups in total. The highest BCUT2D eigenvalue weighted by Gasteiger charge is 2.25. The van der Waals surface area contributed by atoms with E-state index in [9.17, 15) is 14.4 Å². The molecule has 2 heterocycles. The fourth-order valence-corrected chi connectivity index (χ4v) is 4.38. The highest BCUT2D eigenvalue weighted by molar-refractivity contribution is 6.08. The van der Waals surface area contributed by atoms with Gasteiger partial charge in [-0.25, -0.2) is 0 Å². The van der Waals surface area contributed by atoms with Gasteiger partial charge in [0.05, 0.1) is 0 Å². The lowest BCUT2D eigenvalue weighted by atomic mass is 10.1. The van der Waals surface area contributed by atoms with E-state index < -0.39 is 0 Å². The summed E-state index contributed by atoms with van der Waals surface area (Å²) in [5, 5.41) is 0. The van der Waals surface area contributed by atoms with Crippen LogP contribution in [0.4, 0.5) is 5.69 Å². The summed E-state index contributed by atoms with van der Waals surface area (Å²) in [6.45, 7) is 4.92. The van der Waals surface area contributed by atoms with E-state index in [4.69, 9.17) is 0 Å². The average Bonchev–Trinajstić information content (AvgIpc) is 3.23. The Morgan fingerprint density at radius 3 is 2.19 bits per heavy atom. The number of hydrogen-bond donors (Lipinski definition) is 0. The molecule has 0 saturated carbocycles. The Morgan fingerprint density at radius 2 is 1.56 bits per heavy atom. The monoisotopic (exact) mass is 433 g/mol. The number of carbonyl (C=O) groups excluding carboxylic acids is 3. The normalized spacial score (nSPS) is 16.3. The van der Waals surface area contributed by atoms with Gasteiger partial charge in [-0.05, 0) is 62.4 Å². The summed E-state index contributed by atoms with van der Waals surface area (Å²) in [6.07, 6.45) is 4.72. The molecule has 0 spiro atoms. The largest absolute Gasteiger partial charge is 0.341 e. The zero-order valence-electron chi connectivity index (χ0n) is 18.8. The molecule has 6 heteroatoms. The Morgan fingerprint density at radius 1 is 0.875 bits per heavy atom. The molecule has 32 heavy (non-hydrogen) atoms. The number of hydrogen-bond acceptors (Lipinski definition) is 3. The number of benzene rings is 2. The van der Waals surface area contributed by atoms with Crippen molar-refractivity contribution in [2.24, 2.45) is 0 Å². The van der Waals surface area contributed by atoms with Crippen LogP contribution < -0.4 is 4.90 Å². The summed E-state index contributed by atoms with van der Waals surface area (Å²) in [7, 11) is 0. The van der Waals surface area contributed by atoms with E-state index in [0.717, 1.165) is 62.1 Å². The van der Waals surface area contributed by atoms with E-state index >= 15 is 0 Å². The predicted molar refractivity (Wildman–Crippen MR) is 124 cm³/mol. The maximum atomic E-state index is 13.4. The predicted octanol–water partition coefficient (Wildman–Crippen LogP) is 3.78. The second kappa shape index (κ2) is 9.98. The van der Waals surface area contributed by atoms with Crippen molar-refractivity contribution in [2.75, 3.05) is 31.1 Å². The highest BCUT2D eigenvalue weighted by Crippen LogP contribution is 2.21. The third-order valence-electron chi connectivity index (χ3n) is 6.34. The van der Waals surface area contributed by atoms with Crippen LogP contribution in [0.1, 0.15) is 53.6 Å². The highest BCUT2D eigenvalue weighted by atomic mass is 16.2. The van der Waals surface area contributed by atoms with Gasteiger partial charge in [0.1, 0.15) is 6.54 Å². The topological polar surface area (TPSA) is 60.9 Å². The van der Waals surface area contributed by atoms with Gasteiger partial charge < -0.3 is 9.80 Å². The number of piperidine rings is 1. The molecule has 168 valence electrons. The van der Waals surface area contributed by atoms with Crippen LogP contribution in [0.5, 0.6) is 0 Å². The van der Waals surface area contributed by atoms with E-state index in [1.807, 2.05) is 53.1 Å². The fourth-order valence-electron chi connectivity index (χ4n) is 4.38. The van der Waals surface area contributed by atoms with Gasteiger partial charge in [-0.2, -0.15) is 0 Å². The van der Waals surface area contributed by atoms with Crippen molar-refractivity contribution in [1.82, 2.24) is 9.80 Å². The Labute approximate surface area is 189 Å². The van der Waals surface area contributed by atoms with Crippen LogP contribution in [0, 0.1) is 6.92 Å². The van der Waals surface area contributed by atoms with Gasteiger partial charge in [-0.3, -0.25) is 19.3 Å².